The van der Waals surface area contributed by atoms with Crippen LogP contribution in [0.1, 0.15) is 24.0 Å². The molecule has 7 nitrogen and oxygen atoms in total. The molecule has 3 amide bonds. The molecule has 3 heterocycles. The molecule has 5 rings (SSSR count). The third kappa shape index (κ3) is 3.89. The second kappa shape index (κ2) is 9.24. The highest BCUT2D eigenvalue weighted by Gasteiger charge is 2.57. The van der Waals surface area contributed by atoms with Gasteiger partial charge in [0.2, 0.25) is 0 Å². The van der Waals surface area contributed by atoms with Gasteiger partial charge in [0.1, 0.15) is 5.54 Å². The number of amides is 3. The first kappa shape index (κ1) is 22.6. The molecule has 34 heavy (non-hydrogen) atoms. The average molecular weight is 461 g/mol. The predicted molar refractivity (Wildman–Crippen MR) is 131 cm³/mol. The number of carbonyl (C=O) groups is 2. The Balaban J connectivity index is 1.36. The number of carbonyl (C=O) groups excluding carboxylic acids is 2. The lowest BCUT2D eigenvalue weighted by molar-refractivity contribution is -0.136. The Bertz CT molecular complexity index is 1180. The van der Waals surface area contributed by atoms with Crippen LogP contribution in [0.25, 0.3) is 10.9 Å². The third-order valence-corrected chi connectivity index (χ3v) is 7.38. The van der Waals surface area contributed by atoms with Gasteiger partial charge >= 0.3 is 6.03 Å². The summed E-state index contributed by atoms with van der Waals surface area (Å²) in [5.41, 5.74) is 2.78. The number of urea groups is 1. The van der Waals surface area contributed by atoms with Gasteiger partial charge < -0.3 is 14.2 Å². The van der Waals surface area contributed by atoms with Gasteiger partial charge in [-0.25, -0.2) is 4.79 Å². The van der Waals surface area contributed by atoms with Crippen molar-refractivity contribution in [2.24, 2.45) is 7.05 Å². The Kier molecular flexibility index (Phi) is 6.15. The monoisotopic (exact) mass is 460 g/mol. The van der Waals surface area contributed by atoms with Gasteiger partial charge in [-0.3, -0.25) is 14.6 Å². The molecule has 0 bridgehead atoms. The molecular formula is C27H32N4O3. The van der Waals surface area contributed by atoms with E-state index in [9.17, 15) is 9.59 Å². The number of ether oxygens (including phenoxy) is 1. The molecule has 0 atom stereocenters. The average Bonchev–Trinajstić information content (AvgIpc) is 3.27. The maximum absolute atomic E-state index is 13.6. The van der Waals surface area contributed by atoms with Crippen LogP contribution >= 0.6 is 0 Å². The van der Waals surface area contributed by atoms with Crippen LogP contribution < -0.4 is 0 Å². The lowest BCUT2D eigenvalue weighted by atomic mass is 9.85. The first-order valence-corrected chi connectivity index (χ1v) is 12.0. The Morgan fingerprint density at radius 3 is 2.38 bits per heavy atom. The molecule has 2 aliphatic rings. The van der Waals surface area contributed by atoms with Gasteiger partial charge in [0, 0.05) is 57.4 Å². The Morgan fingerprint density at radius 2 is 1.65 bits per heavy atom. The van der Waals surface area contributed by atoms with E-state index in [1.807, 2.05) is 35.2 Å². The molecule has 2 saturated heterocycles. The first-order chi connectivity index (χ1) is 16.5. The van der Waals surface area contributed by atoms with E-state index in [0.717, 1.165) is 25.2 Å². The van der Waals surface area contributed by atoms with E-state index in [1.54, 1.807) is 7.11 Å². The summed E-state index contributed by atoms with van der Waals surface area (Å²) in [6.07, 6.45) is 3.48. The lowest BCUT2D eigenvalue weighted by Gasteiger charge is -2.42. The van der Waals surface area contributed by atoms with Crippen molar-refractivity contribution < 1.29 is 14.3 Å². The van der Waals surface area contributed by atoms with E-state index in [1.165, 1.54) is 21.4 Å². The fraction of sp³-hybridized carbons (Fsp3) is 0.407. The van der Waals surface area contributed by atoms with Crippen LogP contribution in [-0.4, -0.2) is 70.1 Å². The zero-order valence-corrected chi connectivity index (χ0v) is 19.9. The second-order valence-electron chi connectivity index (χ2n) is 9.39. The minimum absolute atomic E-state index is 0.0738. The van der Waals surface area contributed by atoms with Crippen LogP contribution in [0.5, 0.6) is 0 Å². The van der Waals surface area contributed by atoms with Gasteiger partial charge in [0.25, 0.3) is 5.91 Å². The Labute approximate surface area is 200 Å². The largest absolute Gasteiger partial charge is 0.383 e. The van der Waals surface area contributed by atoms with Gasteiger partial charge in [0.05, 0.1) is 13.2 Å². The standard InChI is InChI=1S/C27H32N4O3/c1-28-19-22(23-10-6-7-11-24(23)28)20-29-14-12-27(13-15-29)25(32)30(16-17-34-2)26(33)31(27)18-21-8-4-3-5-9-21/h3-11,19H,12-18,20H2,1-2H3. The summed E-state index contributed by atoms with van der Waals surface area (Å²) in [7, 11) is 3.67. The molecular weight excluding hydrogens is 428 g/mol. The quantitative estimate of drug-likeness (QED) is 0.506. The summed E-state index contributed by atoms with van der Waals surface area (Å²) in [5, 5.41) is 1.27. The van der Waals surface area contributed by atoms with Gasteiger partial charge in [-0.15, -0.1) is 0 Å². The van der Waals surface area contributed by atoms with Crippen molar-refractivity contribution in [3.63, 3.8) is 0 Å². The van der Waals surface area contributed by atoms with Crippen LogP contribution in [-0.2, 0) is 29.7 Å². The van der Waals surface area contributed by atoms with Crippen LogP contribution in [0.2, 0.25) is 0 Å². The highest BCUT2D eigenvalue weighted by molar-refractivity contribution is 6.07. The van der Waals surface area contributed by atoms with Crippen molar-refractivity contribution in [1.82, 2.24) is 19.3 Å². The van der Waals surface area contributed by atoms with Crippen molar-refractivity contribution in [2.75, 3.05) is 33.4 Å². The number of likely N-dealkylation sites (tertiary alicyclic amines) is 1. The zero-order chi connectivity index (χ0) is 23.7. The van der Waals surface area contributed by atoms with Gasteiger partial charge in [-0.05, 0) is 30.0 Å². The Morgan fingerprint density at radius 1 is 0.941 bits per heavy atom. The van der Waals surface area contributed by atoms with Crippen molar-refractivity contribution in [3.8, 4) is 0 Å². The second-order valence-corrected chi connectivity index (χ2v) is 9.39. The highest BCUT2D eigenvalue weighted by atomic mass is 16.5. The molecule has 2 fully saturated rings. The number of nitrogens with zero attached hydrogens (tertiary/aromatic N) is 4. The number of hydrogen-bond acceptors (Lipinski definition) is 4. The van der Waals surface area contributed by atoms with E-state index in [0.29, 0.717) is 32.5 Å². The van der Waals surface area contributed by atoms with Gasteiger partial charge in [-0.2, -0.15) is 0 Å². The van der Waals surface area contributed by atoms with Crippen LogP contribution in [0.15, 0.2) is 60.8 Å². The molecule has 0 saturated carbocycles. The molecule has 1 spiro atoms. The number of piperidine rings is 1. The normalized spacial score (nSPS) is 18.5. The maximum Gasteiger partial charge on any atom is 0.328 e. The molecule has 1 aromatic heterocycles. The molecule has 0 radical (unpaired) electrons. The zero-order valence-electron chi connectivity index (χ0n) is 19.9. The number of benzene rings is 2. The highest BCUT2D eigenvalue weighted by Crippen LogP contribution is 2.39. The number of aromatic nitrogens is 1. The topological polar surface area (TPSA) is 58.0 Å². The number of fused-ring (bicyclic) bond motifs is 1. The molecule has 178 valence electrons. The number of methoxy groups -OCH3 is 1. The van der Waals surface area contributed by atoms with E-state index in [-0.39, 0.29) is 11.9 Å². The summed E-state index contributed by atoms with van der Waals surface area (Å²) >= 11 is 0. The van der Waals surface area contributed by atoms with E-state index < -0.39 is 5.54 Å². The Hall–Kier alpha value is -3.16. The first-order valence-electron chi connectivity index (χ1n) is 12.0. The van der Waals surface area contributed by atoms with Crippen molar-refractivity contribution in [3.05, 3.63) is 71.9 Å². The van der Waals surface area contributed by atoms with Crippen molar-refractivity contribution in [1.29, 1.82) is 0 Å². The predicted octanol–water partition coefficient (Wildman–Crippen LogP) is 3.62. The number of aryl methyl sites for hydroxylation is 1. The summed E-state index contributed by atoms with van der Waals surface area (Å²) in [4.78, 5) is 32.6. The summed E-state index contributed by atoms with van der Waals surface area (Å²) in [5.74, 6) is -0.0738. The van der Waals surface area contributed by atoms with Crippen molar-refractivity contribution in [2.45, 2.75) is 31.5 Å². The number of para-hydroxylation sites is 1. The molecule has 2 aliphatic heterocycles. The number of imide groups is 1. The third-order valence-electron chi connectivity index (χ3n) is 7.38. The van der Waals surface area contributed by atoms with Gasteiger partial charge in [0.15, 0.2) is 0 Å². The molecule has 0 aliphatic carbocycles. The summed E-state index contributed by atoms with van der Waals surface area (Å²) < 4.78 is 7.35. The van der Waals surface area contributed by atoms with Gasteiger partial charge in [-0.1, -0.05) is 48.5 Å². The van der Waals surface area contributed by atoms with E-state index >= 15 is 0 Å². The molecule has 2 aromatic carbocycles. The minimum atomic E-state index is -0.782. The van der Waals surface area contributed by atoms with Crippen LogP contribution in [0.3, 0.4) is 0 Å². The van der Waals surface area contributed by atoms with E-state index in [2.05, 4.69) is 47.0 Å². The molecule has 7 heteroatoms. The summed E-state index contributed by atoms with van der Waals surface area (Å²) in [6.45, 7) is 3.46. The van der Waals surface area contributed by atoms with E-state index in [4.69, 9.17) is 4.74 Å². The lowest BCUT2D eigenvalue weighted by Crippen LogP contribution is -2.56. The molecule has 0 N–H and O–H groups in total. The molecule has 0 unspecified atom stereocenters. The SMILES string of the molecule is COCCN1C(=O)N(Cc2ccccc2)C2(CCN(Cc3cn(C)c4ccccc34)CC2)C1=O. The fourth-order valence-electron chi connectivity index (χ4n) is 5.50. The smallest absolute Gasteiger partial charge is 0.328 e. The van der Waals surface area contributed by atoms with Crippen molar-refractivity contribution >= 4 is 22.8 Å². The maximum atomic E-state index is 13.6. The minimum Gasteiger partial charge on any atom is -0.383 e. The van der Waals surface area contributed by atoms with Crippen LogP contribution in [0.4, 0.5) is 4.79 Å². The fourth-order valence-corrected chi connectivity index (χ4v) is 5.50. The molecule has 3 aromatic rings. The summed E-state index contributed by atoms with van der Waals surface area (Å²) in [6, 6.07) is 18.2. The number of rotatable bonds is 7. The van der Waals surface area contributed by atoms with Crippen LogP contribution in [0, 0.1) is 0 Å². The number of hydrogen-bond donors (Lipinski definition) is 0.